The quantitative estimate of drug-likeness (QED) is 0.0779. The fourth-order valence-electron chi connectivity index (χ4n) is 4.83. The number of alkyl halides is 3. The molecule has 1 aliphatic rings. The van der Waals surface area contributed by atoms with Gasteiger partial charge in [0.2, 0.25) is 5.96 Å². The highest BCUT2D eigenvalue weighted by Gasteiger charge is 2.28. The Morgan fingerprint density at radius 2 is 1.71 bits per heavy atom. The van der Waals surface area contributed by atoms with Gasteiger partial charge >= 0.3 is 6.18 Å². The summed E-state index contributed by atoms with van der Waals surface area (Å²) in [5.41, 5.74) is 10.2. The van der Waals surface area contributed by atoms with Crippen molar-refractivity contribution in [1.29, 1.82) is 0 Å². The normalized spacial score (nSPS) is 15.1. The van der Waals surface area contributed by atoms with E-state index in [0.717, 1.165) is 36.8 Å². The number of anilines is 1. The Kier molecular flexibility index (Phi) is 11.3. The summed E-state index contributed by atoms with van der Waals surface area (Å²) >= 11 is 6.05. The van der Waals surface area contributed by atoms with E-state index in [1.54, 1.807) is 53.4 Å². The van der Waals surface area contributed by atoms with Crippen LogP contribution in [0.1, 0.15) is 65.7 Å². The summed E-state index contributed by atoms with van der Waals surface area (Å²) in [6.07, 6.45) is 2.01. The molecule has 0 aliphatic heterocycles. The van der Waals surface area contributed by atoms with Crippen molar-refractivity contribution in [2.24, 2.45) is 31.9 Å². The monoisotopic (exact) mass is 638 g/mol. The first kappa shape index (κ1) is 33.2. The molecule has 0 heterocycles. The molecule has 3 aromatic rings. The highest BCUT2D eigenvalue weighted by molar-refractivity contribution is 6.30. The van der Waals surface area contributed by atoms with Gasteiger partial charge in [-0.1, -0.05) is 64.4 Å². The summed E-state index contributed by atoms with van der Waals surface area (Å²) in [5.74, 6) is 3.93. The van der Waals surface area contributed by atoms with Gasteiger partial charge in [-0.25, -0.2) is 4.99 Å². The number of nitrogens with one attached hydrogen (secondary N) is 1. The van der Waals surface area contributed by atoms with E-state index in [1.807, 2.05) is 31.2 Å². The average Bonchev–Trinajstić information content (AvgIpc) is 3.03. The molecule has 0 spiro atoms. The number of carbonyl (C=O) groups is 1. The number of nitrogens with two attached hydrogens (primary N) is 2. The number of rotatable bonds is 8. The molecule has 0 radical (unpaired) electrons. The Bertz CT molecular complexity index is 1570. The van der Waals surface area contributed by atoms with E-state index >= 15 is 0 Å². The molecule has 1 aliphatic carbocycles. The van der Waals surface area contributed by atoms with Gasteiger partial charge in [0.15, 0.2) is 5.96 Å². The van der Waals surface area contributed by atoms with Crippen LogP contribution in [-0.4, -0.2) is 30.5 Å². The molecule has 0 bridgehead atoms. The van der Waals surface area contributed by atoms with Gasteiger partial charge in [0.25, 0.3) is 5.91 Å². The van der Waals surface area contributed by atoms with Crippen LogP contribution in [-0.2, 0) is 6.54 Å². The van der Waals surface area contributed by atoms with Gasteiger partial charge in [0.05, 0.1) is 12.6 Å². The number of allylic oxidation sites excluding steroid dienone is 2. The van der Waals surface area contributed by atoms with Crippen molar-refractivity contribution in [1.82, 2.24) is 5.32 Å². The molecule has 3 aromatic carbocycles. The lowest BCUT2D eigenvalue weighted by Gasteiger charge is -2.30. The van der Waals surface area contributed by atoms with Crippen LogP contribution in [0.3, 0.4) is 0 Å². The second-order valence-electron chi connectivity index (χ2n) is 10.5. The summed E-state index contributed by atoms with van der Waals surface area (Å²) in [6.45, 7) is 0.595. The first-order valence-electron chi connectivity index (χ1n) is 14.3. The predicted octanol–water partition coefficient (Wildman–Crippen LogP) is 7.35. The largest absolute Gasteiger partial charge is 0.408 e. The van der Waals surface area contributed by atoms with Crippen molar-refractivity contribution in [3.8, 4) is 0 Å². The van der Waals surface area contributed by atoms with Gasteiger partial charge in [-0.05, 0) is 91.3 Å². The van der Waals surface area contributed by atoms with Crippen molar-refractivity contribution < 1.29 is 18.0 Å². The summed E-state index contributed by atoms with van der Waals surface area (Å²) in [5, 5.41) is 10.0. The third-order valence-electron chi connectivity index (χ3n) is 7.14. The molecule has 0 saturated carbocycles. The number of carbonyl (C=O) groups excluding carboxylic acids is 1. The lowest BCUT2D eigenvalue weighted by molar-refractivity contribution is -0.118. The molecule has 45 heavy (non-hydrogen) atoms. The van der Waals surface area contributed by atoms with E-state index in [2.05, 4.69) is 31.7 Å². The van der Waals surface area contributed by atoms with Crippen molar-refractivity contribution in [3.05, 3.63) is 106 Å². The number of hydrogen-bond donors (Lipinski definition) is 3. The third kappa shape index (κ3) is 9.90. The fraction of sp³-hybridized carbons (Fsp3) is 0.281. The molecular weight excluding hydrogens is 605 g/mol. The van der Waals surface area contributed by atoms with E-state index in [1.165, 1.54) is 5.57 Å². The number of halogens is 4. The smallest absolute Gasteiger partial charge is 0.366 e. The van der Waals surface area contributed by atoms with Crippen LogP contribution in [0.5, 0.6) is 0 Å². The molecule has 1 atom stereocenters. The second kappa shape index (κ2) is 15.3. The number of nitrogens with zero attached hydrogens (tertiary/aromatic N) is 5. The highest BCUT2D eigenvalue weighted by atomic mass is 35.5. The van der Waals surface area contributed by atoms with Crippen LogP contribution in [0.2, 0.25) is 5.02 Å². The van der Waals surface area contributed by atoms with E-state index in [0.29, 0.717) is 16.3 Å². The predicted molar refractivity (Wildman–Crippen MR) is 172 cm³/mol. The van der Waals surface area contributed by atoms with Crippen molar-refractivity contribution in [2.75, 3.05) is 11.4 Å². The molecule has 0 fully saturated rings. The number of benzene rings is 3. The minimum atomic E-state index is -4.52. The molecule has 4 rings (SSSR count). The van der Waals surface area contributed by atoms with Crippen molar-refractivity contribution >= 4 is 40.7 Å². The zero-order valence-corrected chi connectivity index (χ0v) is 25.4. The molecule has 9 nitrogen and oxygen atoms in total. The summed E-state index contributed by atoms with van der Waals surface area (Å²) in [6, 6.07) is 20.8. The molecule has 1 unspecified atom stereocenters. The van der Waals surface area contributed by atoms with E-state index in [-0.39, 0.29) is 18.1 Å². The molecular formula is C32H34ClF3N8O. The standard InChI is InChI=1S/C32H34ClF3N8O/c1-21(23-11-15-27(33)16-12-23)40-31(39-20-32(34,35)36)44(28-17-13-25(14-18-28)24-5-3-2-4-6-24)19-22-7-9-26(10-8-22)29(45)41-30(37)42-43-38/h5,7-18,21H,2-4,6,19-20H2,1H3,(H,39,40)(H4,37,38,41,42,45). The lowest BCUT2D eigenvalue weighted by Crippen LogP contribution is -2.43. The second-order valence-corrected chi connectivity index (χ2v) is 10.9. The van der Waals surface area contributed by atoms with E-state index in [9.17, 15) is 18.0 Å². The SMILES string of the molecule is CC(NC(=NCC(F)(F)F)N(Cc1ccc(C(=O)N=C(N)/N=N\N)cc1)c1ccc(C2=CCCCC2)cc1)c1ccc(Cl)cc1. The van der Waals surface area contributed by atoms with Crippen LogP contribution >= 0.6 is 11.6 Å². The van der Waals surface area contributed by atoms with Crippen LogP contribution < -0.4 is 21.8 Å². The molecule has 13 heteroatoms. The fourth-order valence-corrected chi connectivity index (χ4v) is 4.96. The Labute approximate surface area is 264 Å². The maximum absolute atomic E-state index is 13.5. The first-order chi connectivity index (χ1) is 21.5. The highest BCUT2D eigenvalue weighted by Crippen LogP contribution is 2.29. The van der Waals surface area contributed by atoms with Gasteiger partial charge in [-0.2, -0.15) is 18.2 Å². The van der Waals surface area contributed by atoms with Crippen LogP contribution in [0.25, 0.3) is 5.57 Å². The number of amides is 1. The number of aliphatic imine (C=N–C) groups is 2. The minimum Gasteiger partial charge on any atom is -0.366 e. The maximum Gasteiger partial charge on any atom is 0.408 e. The van der Waals surface area contributed by atoms with E-state index in [4.69, 9.17) is 23.2 Å². The molecule has 0 aromatic heterocycles. The number of hydrogen-bond acceptors (Lipinski definition) is 3. The van der Waals surface area contributed by atoms with Crippen LogP contribution in [0.15, 0.2) is 99.2 Å². The lowest BCUT2D eigenvalue weighted by atomic mass is 9.93. The van der Waals surface area contributed by atoms with Gasteiger partial charge < -0.3 is 21.8 Å². The first-order valence-corrected chi connectivity index (χ1v) is 14.7. The molecule has 1 amide bonds. The van der Waals surface area contributed by atoms with Crippen molar-refractivity contribution in [2.45, 2.75) is 51.4 Å². The Hall–Kier alpha value is -4.71. The van der Waals surface area contributed by atoms with Crippen LogP contribution in [0.4, 0.5) is 18.9 Å². The Morgan fingerprint density at radius 3 is 2.31 bits per heavy atom. The number of guanidine groups is 2. The summed E-state index contributed by atoms with van der Waals surface area (Å²) in [4.78, 5) is 21.8. The Morgan fingerprint density at radius 1 is 1.02 bits per heavy atom. The average molecular weight is 639 g/mol. The zero-order valence-electron chi connectivity index (χ0n) is 24.6. The van der Waals surface area contributed by atoms with E-state index < -0.39 is 30.6 Å². The third-order valence-corrected chi connectivity index (χ3v) is 7.39. The summed E-state index contributed by atoms with van der Waals surface area (Å²) < 4.78 is 40.5. The maximum atomic E-state index is 13.5. The van der Waals surface area contributed by atoms with Gasteiger partial charge in [0, 0.05) is 16.3 Å². The van der Waals surface area contributed by atoms with Gasteiger partial charge in [-0.15, -0.1) is 0 Å². The molecule has 5 N–H and O–H groups in total. The minimum absolute atomic E-state index is 0.0316. The topological polar surface area (TPSA) is 134 Å². The Balaban J connectivity index is 1.70. The van der Waals surface area contributed by atoms with Crippen LogP contribution in [0, 0.1) is 0 Å². The van der Waals surface area contributed by atoms with Gasteiger partial charge in [0.1, 0.15) is 6.54 Å². The molecule has 236 valence electrons. The summed E-state index contributed by atoms with van der Waals surface area (Å²) in [7, 11) is 0. The zero-order chi connectivity index (χ0) is 32.4. The van der Waals surface area contributed by atoms with Gasteiger partial charge in [-0.3, -0.25) is 4.79 Å². The van der Waals surface area contributed by atoms with Crippen molar-refractivity contribution in [3.63, 3.8) is 0 Å². The molecule has 0 saturated heterocycles.